The van der Waals surface area contributed by atoms with E-state index in [1.165, 1.54) is 6.92 Å². The number of carbonyl (C=O) groups is 2. The van der Waals surface area contributed by atoms with E-state index in [0.29, 0.717) is 11.4 Å². The first-order chi connectivity index (χ1) is 7.04. The van der Waals surface area contributed by atoms with Gasteiger partial charge in [-0.15, -0.1) is 0 Å². The predicted octanol–water partition coefficient (Wildman–Crippen LogP) is 1.54. The van der Waals surface area contributed by atoms with Gasteiger partial charge < -0.3 is 10.1 Å². The maximum absolute atomic E-state index is 11.6. The van der Waals surface area contributed by atoms with Crippen LogP contribution in [-0.4, -0.2) is 16.8 Å². The number of halogens is 1. The average Bonchev–Trinajstić information content (AvgIpc) is 2.19. The van der Waals surface area contributed by atoms with Gasteiger partial charge in [-0.25, -0.2) is 0 Å². The zero-order chi connectivity index (χ0) is 11.1. The third-order valence-corrected chi connectivity index (χ3v) is 2.62. The highest BCUT2D eigenvalue weighted by molar-refractivity contribution is 6.67. The van der Waals surface area contributed by atoms with E-state index in [4.69, 9.17) is 16.3 Å². The van der Waals surface area contributed by atoms with Gasteiger partial charge in [0.15, 0.2) is 0 Å². The number of anilines is 1. The molecule has 1 heterocycles. The average molecular weight is 226 g/mol. The van der Waals surface area contributed by atoms with Crippen LogP contribution in [0.1, 0.15) is 6.92 Å². The van der Waals surface area contributed by atoms with Gasteiger partial charge in [0.2, 0.25) is 0 Å². The highest BCUT2D eigenvalue weighted by atomic mass is 35.5. The van der Waals surface area contributed by atoms with Crippen molar-refractivity contribution >= 4 is 28.4 Å². The highest BCUT2D eigenvalue weighted by Crippen LogP contribution is 2.33. The number of ether oxygens (including phenoxy) is 1. The molecule has 0 spiro atoms. The summed E-state index contributed by atoms with van der Waals surface area (Å²) >= 11 is 5.33. The molecule has 5 heteroatoms. The lowest BCUT2D eigenvalue weighted by molar-refractivity contribution is -0.140. The van der Waals surface area contributed by atoms with Gasteiger partial charge in [0.25, 0.3) is 16.8 Å². The van der Waals surface area contributed by atoms with E-state index in [2.05, 4.69) is 5.32 Å². The number of amides is 1. The summed E-state index contributed by atoms with van der Waals surface area (Å²) in [5.41, 5.74) is -1.10. The lowest BCUT2D eigenvalue weighted by Gasteiger charge is -2.31. The normalized spacial score (nSPS) is 23.7. The Morgan fingerprint density at radius 3 is 2.80 bits per heavy atom. The maximum Gasteiger partial charge on any atom is 0.277 e. The first kappa shape index (κ1) is 9.98. The van der Waals surface area contributed by atoms with Crippen molar-refractivity contribution in [2.45, 2.75) is 12.5 Å². The lowest BCUT2D eigenvalue weighted by atomic mass is 10.1. The number of para-hydroxylation sites is 2. The van der Waals surface area contributed by atoms with Crippen LogP contribution in [0.25, 0.3) is 0 Å². The van der Waals surface area contributed by atoms with Crippen LogP contribution < -0.4 is 10.1 Å². The SMILES string of the molecule is CC1(C(=O)Cl)Oc2ccccc2NC1=O. The molecule has 2 rings (SSSR count). The molecule has 0 radical (unpaired) electrons. The molecule has 4 nitrogen and oxygen atoms in total. The quantitative estimate of drug-likeness (QED) is 0.583. The van der Waals surface area contributed by atoms with Crippen LogP contribution in [-0.2, 0) is 9.59 Å². The first-order valence-electron chi connectivity index (χ1n) is 4.33. The van der Waals surface area contributed by atoms with Crippen LogP contribution >= 0.6 is 11.6 Å². The molecule has 1 aromatic carbocycles. The summed E-state index contributed by atoms with van der Waals surface area (Å²) in [6, 6.07) is 6.85. The molecular weight excluding hydrogens is 218 g/mol. The van der Waals surface area contributed by atoms with Crippen molar-refractivity contribution in [1.82, 2.24) is 0 Å². The Balaban J connectivity index is 2.46. The van der Waals surface area contributed by atoms with Crippen LogP contribution in [0.2, 0.25) is 0 Å². The molecule has 1 unspecified atom stereocenters. The summed E-state index contributed by atoms with van der Waals surface area (Å²) in [7, 11) is 0. The number of rotatable bonds is 1. The van der Waals surface area contributed by atoms with Gasteiger partial charge in [-0.2, -0.15) is 0 Å². The van der Waals surface area contributed by atoms with Crippen LogP contribution in [0.3, 0.4) is 0 Å². The van der Waals surface area contributed by atoms with Crippen molar-refractivity contribution in [3.8, 4) is 5.75 Å². The van der Waals surface area contributed by atoms with E-state index >= 15 is 0 Å². The minimum absolute atomic E-state index is 0.439. The van der Waals surface area contributed by atoms with E-state index in [0.717, 1.165) is 0 Å². The van der Waals surface area contributed by atoms with Crippen molar-refractivity contribution < 1.29 is 14.3 Å². The lowest BCUT2D eigenvalue weighted by Crippen LogP contribution is -2.52. The molecular formula is C10H8ClNO3. The van der Waals surface area contributed by atoms with Crippen LogP contribution in [0.4, 0.5) is 5.69 Å². The van der Waals surface area contributed by atoms with Crippen LogP contribution in [0.15, 0.2) is 24.3 Å². The largest absolute Gasteiger partial charge is 0.466 e. The Bertz CT molecular complexity index is 446. The Hall–Kier alpha value is -1.55. The second kappa shape index (κ2) is 3.24. The van der Waals surface area contributed by atoms with Gasteiger partial charge in [0.1, 0.15) is 5.75 Å². The molecule has 0 saturated heterocycles. The van der Waals surface area contributed by atoms with Gasteiger partial charge in [0, 0.05) is 0 Å². The number of hydrogen-bond donors (Lipinski definition) is 1. The number of fused-ring (bicyclic) bond motifs is 1. The zero-order valence-electron chi connectivity index (χ0n) is 7.91. The molecule has 0 aromatic heterocycles. The Morgan fingerprint density at radius 2 is 2.13 bits per heavy atom. The molecule has 1 amide bonds. The number of benzene rings is 1. The third kappa shape index (κ3) is 1.47. The summed E-state index contributed by atoms with van der Waals surface area (Å²) in [6.07, 6.45) is 0. The molecule has 0 fully saturated rings. The summed E-state index contributed by atoms with van der Waals surface area (Å²) in [6.45, 7) is 1.34. The van der Waals surface area contributed by atoms with Crippen molar-refractivity contribution in [2.75, 3.05) is 5.32 Å². The topological polar surface area (TPSA) is 55.4 Å². The van der Waals surface area contributed by atoms with Gasteiger partial charge in [-0.05, 0) is 30.7 Å². The van der Waals surface area contributed by atoms with Crippen molar-refractivity contribution in [3.05, 3.63) is 24.3 Å². The first-order valence-corrected chi connectivity index (χ1v) is 4.71. The fourth-order valence-corrected chi connectivity index (χ4v) is 1.42. The summed E-state index contributed by atoms with van der Waals surface area (Å²) in [5, 5.41) is 1.72. The second-order valence-electron chi connectivity index (χ2n) is 3.36. The minimum Gasteiger partial charge on any atom is -0.466 e. The smallest absolute Gasteiger partial charge is 0.277 e. The Kier molecular flexibility index (Phi) is 2.16. The molecule has 1 N–H and O–H groups in total. The van der Waals surface area contributed by atoms with Crippen LogP contribution in [0, 0.1) is 0 Å². The van der Waals surface area contributed by atoms with Crippen molar-refractivity contribution in [3.63, 3.8) is 0 Å². The Morgan fingerprint density at radius 1 is 1.47 bits per heavy atom. The van der Waals surface area contributed by atoms with E-state index < -0.39 is 16.8 Å². The van der Waals surface area contributed by atoms with Crippen molar-refractivity contribution in [2.24, 2.45) is 0 Å². The number of nitrogens with one attached hydrogen (secondary N) is 1. The Labute approximate surface area is 91.2 Å². The summed E-state index contributed by atoms with van der Waals surface area (Å²) in [5.74, 6) is -0.116. The molecule has 1 aromatic rings. The fraction of sp³-hybridized carbons (Fsp3) is 0.200. The predicted molar refractivity (Wildman–Crippen MR) is 55.0 cm³/mol. The fourth-order valence-electron chi connectivity index (χ4n) is 1.30. The van der Waals surface area contributed by atoms with Crippen LogP contribution in [0.5, 0.6) is 5.75 Å². The van der Waals surface area contributed by atoms with E-state index in [9.17, 15) is 9.59 Å². The minimum atomic E-state index is -1.64. The maximum atomic E-state index is 11.6. The highest BCUT2D eigenvalue weighted by Gasteiger charge is 2.46. The van der Waals surface area contributed by atoms with Crippen molar-refractivity contribution in [1.29, 1.82) is 0 Å². The van der Waals surface area contributed by atoms with E-state index in [-0.39, 0.29) is 0 Å². The monoisotopic (exact) mass is 225 g/mol. The molecule has 78 valence electrons. The molecule has 15 heavy (non-hydrogen) atoms. The van der Waals surface area contributed by atoms with E-state index in [1.807, 2.05) is 0 Å². The molecule has 1 atom stereocenters. The van der Waals surface area contributed by atoms with Gasteiger partial charge in [-0.3, -0.25) is 9.59 Å². The molecule has 1 aliphatic rings. The second-order valence-corrected chi connectivity index (χ2v) is 3.70. The van der Waals surface area contributed by atoms with Gasteiger partial charge in [0.05, 0.1) is 5.69 Å². The van der Waals surface area contributed by atoms with Gasteiger partial charge in [-0.1, -0.05) is 12.1 Å². The summed E-state index contributed by atoms with van der Waals surface area (Å²) in [4.78, 5) is 22.7. The third-order valence-electron chi connectivity index (χ3n) is 2.26. The number of carbonyl (C=O) groups excluding carboxylic acids is 2. The van der Waals surface area contributed by atoms with Gasteiger partial charge >= 0.3 is 0 Å². The molecule has 0 aliphatic carbocycles. The number of hydrogen-bond acceptors (Lipinski definition) is 3. The standard InChI is InChI=1S/C10H8ClNO3/c1-10(8(11)13)9(14)12-6-4-2-3-5-7(6)15-10/h2-5H,1H3,(H,12,14). The molecule has 1 aliphatic heterocycles. The zero-order valence-corrected chi connectivity index (χ0v) is 8.67. The summed E-state index contributed by atoms with van der Waals surface area (Å²) < 4.78 is 5.30. The molecule has 0 saturated carbocycles. The molecule has 0 bridgehead atoms. The van der Waals surface area contributed by atoms with E-state index in [1.54, 1.807) is 24.3 Å².